The molecule has 2 atom stereocenters. The standard InChI is InChI=1S/C29H31FN6O3S/c1-17(21-4-3-5-24(27(21)30)39-20-8-10-32-11-9-20)38-25-13-26(40-28(25)29(31)37)36-16-33-22-12-18(6-7-23(22)36)19-14-34-35(2)15-19/h3-7,13-18,20,32H,8-12H2,1-2H3,(H2,31,37). The highest BCUT2D eigenvalue weighted by Crippen LogP contribution is 2.38. The lowest BCUT2D eigenvalue weighted by Crippen LogP contribution is -2.34. The number of primary amides is 1. The average molecular weight is 563 g/mol. The monoisotopic (exact) mass is 562 g/mol. The van der Waals surface area contributed by atoms with E-state index in [0.29, 0.717) is 11.3 Å². The van der Waals surface area contributed by atoms with E-state index in [9.17, 15) is 4.79 Å². The first-order valence-corrected chi connectivity index (χ1v) is 14.2. The summed E-state index contributed by atoms with van der Waals surface area (Å²) < 4.78 is 31.3. The molecule has 40 heavy (non-hydrogen) atoms. The van der Waals surface area contributed by atoms with Crippen molar-refractivity contribution >= 4 is 23.3 Å². The van der Waals surface area contributed by atoms with Gasteiger partial charge < -0.3 is 20.5 Å². The highest BCUT2D eigenvalue weighted by Gasteiger charge is 2.26. The van der Waals surface area contributed by atoms with Crippen molar-refractivity contribution in [3.05, 3.63) is 82.3 Å². The smallest absolute Gasteiger partial charge is 0.262 e. The van der Waals surface area contributed by atoms with Crippen LogP contribution in [-0.4, -0.2) is 44.4 Å². The molecule has 1 amide bonds. The molecule has 208 valence electrons. The Hall–Kier alpha value is -3.96. The van der Waals surface area contributed by atoms with Gasteiger partial charge in [0, 0.05) is 37.2 Å². The third kappa shape index (κ3) is 5.14. The minimum atomic E-state index is -0.686. The van der Waals surface area contributed by atoms with Gasteiger partial charge in [0.1, 0.15) is 34.2 Å². The maximum Gasteiger partial charge on any atom is 0.262 e. The molecule has 2 aliphatic rings. The molecular formula is C29H31FN6O3S. The summed E-state index contributed by atoms with van der Waals surface area (Å²) in [6.45, 7) is 3.45. The van der Waals surface area contributed by atoms with Crippen LogP contribution >= 0.6 is 11.3 Å². The molecule has 9 nitrogen and oxygen atoms in total. The lowest BCUT2D eigenvalue weighted by atomic mass is 9.91. The highest BCUT2D eigenvalue weighted by atomic mass is 32.1. The van der Waals surface area contributed by atoms with Gasteiger partial charge in [-0.05, 0) is 50.6 Å². The predicted octanol–water partition coefficient (Wildman–Crippen LogP) is 4.53. The molecule has 3 N–H and O–H groups in total. The number of fused-ring (bicyclic) bond motifs is 1. The van der Waals surface area contributed by atoms with Gasteiger partial charge in [-0.25, -0.2) is 9.37 Å². The Morgan fingerprint density at radius 2 is 2.10 bits per heavy atom. The van der Waals surface area contributed by atoms with Gasteiger partial charge in [-0.15, -0.1) is 11.3 Å². The zero-order valence-corrected chi connectivity index (χ0v) is 23.2. The Bertz CT molecular complexity index is 1570. The van der Waals surface area contributed by atoms with E-state index in [1.165, 1.54) is 11.3 Å². The fourth-order valence-electron chi connectivity index (χ4n) is 5.27. The third-order valence-electron chi connectivity index (χ3n) is 7.40. The normalized spacial score (nSPS) is 17.9. The number of aryl methyl sites for hydroxylation is 1. The predicted molar refractivity (Wildman–Crippen MR) is 151 cm³/mol. The van der Waals surface area contributed by atoms with Gasteiger partial charge in [0.15, 0.2) is 11.6 Å². The maximum atomic E-state index is 15.5. The van der Waals surface area contributed by atoms with Crippen molar-refractivity contribution in [2.45, 2.75) is 44.3 Å². The highest BCUT2D eigenvalue weighted by molar-refractivity contribution is 7.16. The largest absolute Gasteiger partial charge is 0.487 e. The molecule has 0 spiro atoms. The van der Waals surface area contributed by atoms with Gasteiger partial charge in [-0.3, -0.25) is 14.0 Å². The number of piperidine rings is 1. The molecule has 1 fully saturated rings. The zero-order valence-electron chi connectivity index (χ0n) is 22.3. The van der Waals surface area contributed by atoms with Gasteiger partial charge in [0.2, 0.25) is 0 Å². The number of benzene rings is 1. The second-order valence-corrected chi connectivity index (χ2v) is 11.2. The van der Waals surface area contributed by atoms with Crippen LogP contribution in [0.5, 0.6) is 11.5 Å². The van der Waals surface area contributed by atoms with E-state index in [2.05, 4.69) is 21.5 Å². The number of ether oxygens (including phenoxy) is 2. The number of carbonyl (C=O) groups is 1. The minimum Gasteiger partial charge on any atom is -0.487 e. The van der Waals surface area contributed by atoms with Crippen LogP contribution in [0.3, 0.4) is 0 Å². The first kappa shape index (κ1) is 26.3. The van der Waals surface area contributed by atoms with Crippen LogP contribution in [0.4, 0.5) is 4.39 Å². The Labute approximate surface area is 235 Å². The Morgan fingerprint density at radius 1 is 1.27 bits per heavy atom. The zero-order chi connectivity index (χ0) is 27.8. The van der Waals surface area contributed by atoms with Crippen LogP contribution in [0, 0.1) is 5.82 Å². The molecule has 1 saturated heterocycles. The summed E-state index contributed by atoms with van der Waals surface area (Å²) in [6, 6.07) is 6.82. The van der Waals surface area contributed by atoms with E-state index in [1.807, 2.05) is 30.1 Å². The summed E-state index contributed by atoms with van der Waals surface area (Å²) in [6.07, 6.45) is 11.5. The molecule has 4 heterocycles. The summed E-state index contributed by atoms with van der Waals surface area (Å²) in [7, 11) is 1.90. The number of carbonyl (C=O) groups excluding carboxylic acids is 1. The molecule has 11 heteroatoms. The summed E-state index contributed by atoms with van der Waals surface area (Å²) in [5, 5.41) is 8.30. The van der Waals surface area contributed by atoms with E-state index in [4.69, 9.17) is 15.2 Å². The molecule has 6 rings (SSSR count). The quantitative estimate of drug-likeness (QED) is 0.327. The fourth-order valence-corrected chi connectivity index (χ4v) is 6.20. The summed E-state index contributed by atoms with van der Waals surface area (Å²) in [4.78, 5) is 17.3. The van der Waals surface area contributed by atoms with Gasteiger partial charge >= 0.3 is 0 Å². The van der Waals surface area contributed by atoms with Crippen molar-refractivity contribution in [1.29, 1.82) is 0 Å². The van der Waals surface area contributed by atoms with Gasteiger partial charge in [-0.2, -0.15) is 5.10 Å². The van der Waals surface area contributed by atoms with E-state index in [-0.39, 0.29) is 22.6 Å². The van der Waals surface area contributed by atoms with Crippen molar-refractivity contribution in [2.24, 2.45) is 12.8 Å². The van der Waals surface area contributed by atoms with E-state index in [1.54, 1.807) is 42.2 Å². The summed E-state index contributed by atoms with van der Waals surface area (Å²) in [5.74, 6) is -0.357. The molecule has 0 bridgehead atoms. The molecule has 1 aliphatic heterocycles. The number of hydrogen-bond acceptors (Lipinski definition) is 7. The number of allylic oxidation sites excluding steroid dienone is 1. The van der Waals surface area contributed by atoms with Crippen molar-refractivity contribution in [1.82, 2.24) is 24.6 Å². The number of nitrogens with two attached hydrogens (primary N) is 1. The van der Waals surface area contributed by atoms with Crippen LogP contribution in [0.15, 0.2) is 49.1 Å². The SMILES string of the molecule is CC(Oc1cc(-n2cnc3c2C=CC(c2cnn(C)c2)C3)sc1C(N)=O)c1cccc(OC2CCNCC2)c1F. The van der Waals surface area contributed by atoms with Crippen LogP contribution in [-0.2, 0) is 13.5 Å². The molecule has 2 unspecified atom stereocenters. The van der Waals surface area contributed by atoms with E-state index >= 15 is 4.39 Å². The number of aromatic nitrogens is 4. The summed E-state index contributed by atoms with van der Waals surface area (Å²) in [5.41, 5.74) is 9.09. The number of hydrogen-bond donors (Lipinski definition) is 2. The first-order chi connectivity index (χ1) is 19.4. The number of nitrogens with zero attached hydrogens (tertiary/aromatic N) is 4. The number of nitrogens with one attached hydrogen (secondary N) is 1. The average Bonchev–Trinajstić information content (AvgIpc) is 3.68. The molecule has 1 aromatic carbocycles. The third-order valence-corrected chi connectivity index (χ3v) is 8.53. The van der Waals surface area contributed by atoms with Crippen LogP contribution in [0.1, 0.15) is 64.0 Å². The van der Waals surface area contributed by atoms with Crippen molar-refractivity contribution in [3.8, 4) is 16.5 Å². The topological polar surface area (TPSA) is 109 Å². The Morgan fingerprint density at radius 3 is 2.85 bits per heavy atom. The minimum absolute atomic E-state index is 0.0297. The fraction of sp³-hybridized carbons (Fsp3) is 0.345. The number of thiophene rings is 1. The van der Waals surface area contributed by atoms with Crippen molar-refractivity contribution in [2.75, 3.05) is 13.1 Å². The second-order valence-electron chi connectivity index (χ2n) is 10.2. The Kier molecular flexibility index (Phi) is 7.16. The lowest BCUT2D eigenvalue weighted by molar-refractivity contribution is 0.0998. The Balaban J connectivity index is 1.23. The number of imidazole rings is 1. The summed E-state index contributed by atoms with van der Waals surface area (Å²) >= 11 is 1.22. The molecule has 1 aliphatic carbocycles. The van der Waals surface area contributed by atoms with Crippen LogP contribution in [0.2, 0.25) is 0 Å². The molecular weight excluding hydrogens is 531 g/mol. The van der Waals surface area contributed by atoms with Gasteiger partial charge in [0.25, 0.3) is 5.91 Å². The second kappa shape index (κ2) is 10.9. The van der Waals surface area contributed by atoms with E-state index in [0.717, 1.165) is 54.3 Å². The maximum absolute atomic E-state index is 15.5. The van der Waals surface area contributed by atoms with Crippen molar-refractivity contribution < 1.29 is 18.7 Å². The van der Waals surface area contributed by atoms with Crippen molar-refractivity contribution in [3.63, 3.8) is 0 Å². The van der Waals surface area contributed by atoms with Crippen LogP contribution < -0.4 is 20.5 Å². The van der Waals surface area contributed by atoms with E-state index < -0.39 is 17.8 Å². The first-order valence-electron chi connectivity index (χ1n) is 13.4. The van der Waals surface area contributed by atoms with Crippen LogP contribution in [0.25, 0.3) is 11.1 Å². The number of halogens is 1. The molecule has 3 aromatic heterocycles. The molecule has 0 saturated carbocycles. The lowest BCUT2D eigenvalue weighted by Gasteiger charge is -2.25. The molecule has 0 radical (unpaired) electrons. The molecule has 4 aromatic rings. The van der Waals surface area contributed by atoms with Gasteiger partial charge in [-0.1, -0.05) is 18.2 Å². The number of amides is 1. The number of rotatable bonds is 8. The van der Waals surface area contributed by atoms with Gasteiger partial charge in [0.05, 0.1) is 17.6 Å².